The summed E-state index contributed by atoms with van der Waals surface area (Å²) in [7, 11) is 5.30. The van der Waals surface area contributed by atoms with E-state index in [1.807, 2.05) is 14.1 Å². The summed E-state index contributed by atoms with van der Waals surface area (Å²) in [5.41, 5.74) is 1.22. The zero-order chi connectivity index (χ0) is 21.2. The highest BCUT2D eigenvalue weighted by Crippen LogP contribution is 2.36. The van der Waals surface area contributed by atoms with Gasteiger partial charge in [0, 0.05) is 19.3 Å². The molecule has 0 spiro atoms. The van der Waals surface area contributed by atoms with Gasteiger partial charge in [-0.05, 0) is 58.5 Å². The normalized spacial score (nSPS) is 16.5. The van der Waals surface area contributed by atoms with E-state index in [0.717, 1.165) is 5.56 Å². The molecular weight excluding hydrogens is 362 g/mol. The van der Waals surface area contributed by atoms with Gasteiger partial charge in [0.15, 0.2) is 6.04 Å². The predicted octanol–water partition coefficient (Wildman–Crippen LogP) is 2.13. The van der Waals surface area contributed by atoms with Crippen molar-refractivity contribution in [3.63, 3.8) is 0 Å². The van der Waals surface area contributed by atoms with Crippen LogP contribution < -0.4 is 4.90 Å². The number of amides is 2. The van der Waals surface area contributed by atoms with Gasteiger partial charge >= 0.3 is 12.1 Å². The lowest BCUT2D eigenvalue weighted by Gasteiger charge is -2.37. The summed E-state index contributed by atoms with van der Waals surface area (Å²) in [5, 5.41) is 9.82. The number of rotatable bonds is 4. The Morgan fingerprint density at radius 2 is 1.86 bits per heavy atom. The fourth-order valence-corrected chi connectivity index (χ4v) is 3.26. The Hall–Kier alpha value is -2.61. The maximum absolute atomic E-state index is 12.6. The maximum atomic E-state index is 12.6. The molecule has 1 aliphatic rings. The van der Waals surface area contributed by atoms with Crippen LogP contribution in [0.2, 0.25) is 0 Å². The van der Waals surface area contributed by atoms with Gasteiger partial charge in [0.05, 0.1) is 6.54 Å². The summed E-state index contributed by atoms with van der Waals surface area (Å²) >= 11 is 0. The fraction of sp³-hybridized carbons (Fsp3) is 0.550. The van der Waals surface area contributed by atoms with Crippen molar-refractivity contribution in [3.8, 4) is 0 Å². The highest BCUT2D eigenvalue weighted by Gasteiger charge is 2.39. The molecule has 8 nitrogen and oxygen atoms in total. The van der Waals surface area contributed by atoms with E-state index in [-0.39, 0.29) is 19.0 Å². The number of benzene rings is 1. The number of aliphatic carboxylic acids is 1. The zero-order valence-corrected chi connectivity index (χ0v) is 17.4. The molecule has 1 aromatic rings. The quantitative estimate of drug-likeness (QED) is 0.846. The van der Waals surface area contributed by atoms with Gasteiger partial charge in [-0.3, -0.25) is 9.69 Å². The molecule has 0 saturated heterocycles. The van der Waals surface area contributed by atoms with E-state index < -0.39 is 23.7 Å². The first-order valence-electron chi connectivity index (χ1n) is 9.18. The average molecular weight is 391 g/mol. The Morgan fingerprint density at radius 3 is 2.39 bits per heavy atom. The molecule has 1 aliphatic heterocycles. The van der Waals surface area contributed by atoms with Crippen LogP contribution in [0.1, 0.15) is 37.9 Å². The number of fused-ring (bicyclic) bond motifs is 1. The second-order valence-electron chi connectivity index (χ2n) is 8.20. The Bertz CT molecular complexity index is 770. The third kappa shape index (κ3) is 4.81. The van der Waals surface area contributed by atoms with Gasteiger partial charge in [0.1, 0.15) is 5.60 Å². The lowest BCUT2D eigenvalue weighted by Crippen LogP contribution is -2.46. The van der Waals surface area contributed by atoms with Gasteiger partial charge in [-0.25, -0.2) is 9.59 Å². The van der Waals surface area contributed by atoms with Crippen molar-refractivity contribution >= 4 is 23.7 Å². The Morgan fingerprint density at radius 1 is 1.21 bits per heavy atom. The number of nitrogens with zero attached hydrogens (tertiary/aromatic N) is 3. The lowest BCUT2D eigenvalue weighted by atomic mass is 9.91. The first-order chi connectivity index (χ1) is 12.9. The summed E-state index contributed by atoms with van der Waals surface area (Å²) in [4.78, 5) is 41.6. The minimum atomic E-state index is -1.16. The molecule has 2 rings (SSSR count). The predicted molar refractivity (Wildman–Crippen MR) is 105 cm³/mol. The van der Waals surface area contributed by atoms with Crippen molar-refractivity contribution in [3.05, 3.63) is 29.3 Å². The minimum absolute atomic E-state index is 0.0974. The molecule has 1 aromatic carbocycles. The first kappa shape index (κ1) is 21.7. The average Bonchev–Trinajstić information content (AvgIpc) is 2.57. The van der Waals surface area contributed by atoms with Crippen molar-refractivity contribution in [2.75, 3.05) is 39.1 Å². The van der Waals surface area contributed by atoms with Crippen LogP contribution in [0.25, 0.3) is 0 Å². The molecule has 0 aliphatic carbocycles. The molecule has 28 heavy (non-hydrogen) atoms. The molecule has 0 saturated carbocycles. The van der Waals surface area contributed by atoms with Gasteiger partial charge in [0.2, 0.25) is 5.91 Å². The molecule has 0 aromatic heterocycles. The molecule has 1 unspecified atom stereocenters. The summed E-state index contributed by atoms with van der Waals surface area (Å²) in [5.74, 6) is -1.23. The van der Waals surface area contributed by atoms with Crippen LogP contribution in [0.3, 0.4) is 0 Å². The molecule has 1 atom stereocenters. The molecule has 0 fully saturated rings. The summed E-state index contributed by atoms with van der Waals surface area (Å²) in [6, 6.07) is 4.05. The van der Waals surface area contributed by atoms with Gasteiger partial charge in [0.25, 0.3) is 0 Å². The van der Waals surface area contributed by atoms with Crippen LogP contribution in [0.4, 0.5) is 10.5 Å². The van der Waals surface area contributed by atoms with Crippen LogP contribution in [0.5, 0.6) is 0 Å². The fourth-order valence-electron chi connectivity index (χ4n) is 3.26. The first-order valence-corrected chi connectivity index (χ1v) is 9.18. The number of hydrogen-bond donors (Lipinski definition) is 1. The number of hydrogen-bond acceptors (Lipinski definition) is 5. The highest BCUT2D eigenvalue weighted by molar-refractivity contribution is 5.95. The molecule has 154 valence electrons. The maximum Gasteiger partial charge on any atom is 0.411 e. The second-order valence-corrected chi connectivity index (χ2v) is 8.20. The summed E-state index contributed by atoms with van der Waals surface area (Å²) in [6.45, 7) is 5.66. The van der Waals surface area contributed by atoms with Crippen molar-refractivity contribution in [2.45, 2.75) is 38.8 Å². The zero-order valence-electron chi connectivity index (χ0n) is 17.4. The standard InChI is InChI=1S/C20H29N3O5/c1-20(2,3)28-19(27)23-11-10-13-14(17(23)18(25)26)8-7-9-15(13)22(6)16(24)12-21(4)5/h7-9,17H,10-12H2,1-6H3,(H,25,26). The number of ether oxygens (including phenoxy) is 1. The Balaban J connectivity index is 2.41. The third-order valence-corrected chi connectivity index (χ3v) is 4.45. The number of carboxylic acids is 1. The van der Waals surface area contributed by atoms with Crippen molar-refractivity contribution in [1.29, 1.82) is 0 Å². The van der Waals surface area contributed by atoms with Crippen LogP contribution in [-0.4, -0.2) is 72.7 Å². The largest absolute Gasteiger partial charge is 0.479 e. The van der Waals surface area contributed by atoms with E-state index >= 15 is 0 Å². The van der Waals surface area contributed by atoms with E-state index in [2.05, 4.69) is 0 Å². The number of anilines is 1. The number of carbonyl (C=O) groups is 3. The SMILES string of the molecule is CN(C)CC(=O)N(C)c1cccc2c1CCN(C(=O)OC(C)(C)C)C2C(=O)O. The smallest absolute Gasteiger partial charge is 0.411 e. The number of carbonyl (C=O) groups excluding carboxylic acids is 2. The lowest BCUT2D eigenvalue weighted by molar-refractivity contribution is -0.143. The molecule has 1 heterocycles. The molecule has 8 heteroatoms. The van der Waals surface area contributed by atoms with E-state index in [4.69, 9.17) is 4.74 Å². The Kier molecular flexibility index (Phi) is 6.34. The van der Waals surface area contributed by atoms with Crippen molar-refractivity contribution in [2.24, 2.45) is 0 Å². The van der Waals surface area contributed by atoms with Gasteiger partial charge in [-0.15, -0.1) is 0 Å². The van der Waals surface area contributed by atoms with Crippen LogP contribution in [0, 0.1) is 0 Å². The van der Waals surface area contributed by atoms with Crippen LogP contribution in [0.15, 0.2) is 18.2 Å². The monoisotopic (exact) mass is 391 g/mol. The van der Waals surface area contributed by atoms with E-state index in [9.17, 15) is 19.5 Å². The summed E-state index contributed by atoms with van der Waals surface area (Å²) in [6.07, 6.45) is -0.221. The molecule has 2 amide bonds. The van der Waals surface area contributed by atoms with E-state index in [0.29, 0.717) is 17.7 Å². The van der Waals surface area contributed by atoms with Crippen LogP contribution >= 0.6 is 0 Å². The van der Waals surface area contributed by atoms with E-state index in [1.54, 1.807) is 55.8 Å². The molecule has 0 radical (unpaired) electrons. The highest BCUT2D eigenvalue weighted by atomic mass is 16.6. The number of likely N-dealkylation sites (N-methyl/N-ethyl adjacent to an activating group) is 2. The second kappa shape index (κ2) is 8.18. The minimum Gasteiger partial charge on any atom is -0.479 e. The number of carboxylic acid groups (broad SMARTS) is 1. The van der Waals surface area contributed by atoms with Gasteiger partial charge in [-0.1, -0.05) is 12.1 Å². The van der Waals surface area contributed by atoms with Crippen molar-refractivity contribution < 1.29 is 24.2 Å². The Labute approximate surface area is 165 Å². The van der Waals surface area contributed by atoms with E-state index in [1.165, 1.54) is 4.90 Å². The molecule has 1 N–H and O–H groups in total. The summed E-state index contributed by atoms with van der Waals surface area (Å²) < 4.78 is 5.39. The molecule has 0 bridgehead atoms. The van der Waals surface area contributed by atoms with Crippen molar-refractivity contribution in [1.82, 2.24) is 9.80 Å². The third-order valence-electron chi connectivity index (χ3n) is 4.45. The topological polar surface area (TPSA) is 90.4 Å². The van der Waals surface area contributed by atoms with Gasteiger partial charge in [-0.2, -0.15) is 0 Å². The van der Waals surface area contributed by atoms with Crippen LogP contribution in [-0.2, 0) is 20.7 Å². The molecular formula is C20H29N3O5. The van der Waals surface area contributed by atoms with Gasteiger partial charge < -0.3 is 19.6 Å².